The van der Waals surface area contributed by atoms with Gasteiger partial charge >= 0.3 is 0 Å². The SMILES string of the molecule is CCN(CC)CCCNc1nc(NC)nc2ccccc12. The number of hydrogen-bond donors (Lipinski definition) is 2. The summed E-state index contributed by atoms with van der Waals surface area (Å²) in [4.78, 5) is 11.4. The van der Waals surface area contributed by atoms with Gasteiger partial charge < -0.3 is 15.5 Å². The van der Waals surface area contributed by atoms with E-state index in [9.17, 15) is 0 Å². The van der Waals surface area contributed by atoms with Crippen LogP contribution in [0.25, 0.3) is 10.9 Å². The first-order valence-corrected chi connectivity index (χ1v) is 7.69. The molecular weight excluding hydrogens is 262 g/mol. The molecule has 0 spiro atoms. The van der Waals surface area contributed by atoms with Crippen molar-refractivity contribution in [2.75, 3.05) is 43.9 Å². The standard InChI is InChI=1S/C16H25N5/c1-4-21(5-2)12-8-11-18-15-13-9-6-7-10-14(13)19-16(17-3)20-15/h6-7,9-10H,4-5,8,11-12H2,1-3H3,(H2,17,18,19,20). The van der Waals surface area contributed by atoms with Crippen LogP contribution in [0.1, 0.15) is 20.3 Å². The largest absolute Gasteiger partial charge is 0.369 e. The van der Waals surface area contributed by atoms with E-state index >= 15 is 0 Å². The predicted molar refractivity (Wildman–Crippen MR) is 90.0 cm³/mol. The molecule has 114 valence electrons. The first-order chi connectivity index (χ1) is 10.3. The van der Waals surface area contributed by atoms with Crippen molar-refractivity contribution >= 4 is 22.7 Å². The maximum Gasteiger partial charge on any atom is 0.224 e. The molecule has 1 heterocycles. The molecule has 21 heavy (non-hydrogen) atoms. The Morgan fingerprint density at radius 1 is 1.10 bits per heavy atom. The molecule has 5 heteroatoms. The Bertz CT molecular complexity index is 566. The normalized spacial score (nSPS) is 11.0. The average molecular weight is 287 g/mol. The number of para-hydroxylation sites is 1. The molecule has 1 aromatic carbocycles. The van der Waals surface area contributed by atoms with Crippen molar-refractivity contribution in [2.45, 2.75) is 20.3 Å². The van der Waals surface area contributed by atoms with Gasteiger partial charge in [0.15, 0.2) is 0 Å². The molecule has 0 aliphatic carbocycles. The summed E-state index contributed by atoms with van der Waals surface area (Å²) in [5.41, 5.74) is 0.961. The van der Waals surface area contributed by atoms with Crippen LogP contribution in [0.4, 0.5) is 11.8 Å². The molecule has 5 nitrogen and oxygen atoms in total. The summed E-state index contributed by atoms with van der Waals surface area (Å²) in [6, 6.07) is 8.09. The second-order valence-corrected chi connectivity index (χ2v) is 4.97. The van der Waals surface area contributed by atoms with Gasteiger partial charge in [0.05, 0.1) is 5.52 Å². The zero-order chi connectivity index (χ0) is 15.1. The van der Waals surface area contributed by atoms with Crippen molar-refractivity contribution in [3.63, 3.8) is 0 Å². The van der Waals surface area contributed by atoms with Gasteiger partial charge in [-0.25, -0.2) is 4.98 Å². The van der Waals surface area contributed by atoms with Gasteiger partial charge in [0, 0.05) is 19.0 Å². The number of fused-ring (bicyclic) bond motifs is 1. The Labute approximate surface area is 126 Å². The summed E-state index contributed by atoms with van der Waals surface area (Å²) in [5.74, 6) is 1.56. The molecule has 0 unspecified atom stereocenters. The fourth-order valence-corrected chi connectivity index (χ4v) is 2.37. The Morgan fingerprint density at radius 2 is 1.86 bits per heavy atom. The van der Waals surface area contributed by atoms with Gasteiger partial charge in [-0.2, -0.15) is 4.98 Å². The quantitative estimate of drug-likeness (QED) is 0.731. The minimum atomic E-state index is 0.653. The highest BCUT2D eigenvalue weighted by Gasteiger charge is 2.06. The number of rotatable bonds is 8. The topological polar surface area (TPSA) is 53.1 Å². The highest BCUT2D eigenvalue weighted by Crippen LogP contribution is 2.21. The summed E-state index contributed by atoms with van der Waals surface area (Å²) in [6.07, 6.45) is 1.11. The Morgan fingerprint density at radius 3 is 2.57 bits per heavy atom. The minimum absolute atomic E-state index is 0.653. The Kier molecular flexibility index (Phi) is 5.75. The molecular formula is C16H25N5. The van der Waals surface area contributed by atoms with Crippen molar-refractivity contribution in [3.05, 3.63) is 24.3 Å². The number of anilines is 2. The average Bonchev–Trinajstić information content (AvgIpc) is 2.54. The fourth-order valence-electron chi connectivity index (χ4n) is 2.37. The number of nitrogens with one attached hydrogen (secondary N) is 2. The third-order valence-corrected chi connectivity index (χ3v) is 3.66. The van der Waals surface area contributed by atoms with Crippen LogP contribution in [0.3, 0.4) is 0 Å². The van der Waals surface area contributed by atoms with E-state index in [1.807, 2.05) is 25.2 Å². The Hall–Kier alpha value is -1.88. The second kappa shape index (κ2) is 7.78. The maximum atomic E-state index is 4.53. The van der Waals surface area contributed by atoms with E-state index in [4.69, 9.17) is 0 Å². The van der Waals surface area contributed by atoms with Crippen LogP contribution in [0.5, 0.6) is 0 Å². The molecule has 1 aromatic heterocycles. The van der Waals surface area contributed by atoms with Crippen LogP contribution in [0.15, 0.2) is 24.3 Å². The van der Waals surface area contributed by atoms with Crippen molar-refractivity contribution < 1.29 is 0 Å². The van der Waals surface area contributed by atoms with E-state index in [2.05, 4.69) is 45.4 Å². The van der Waals surface area contributed by atoms with Gasteiger partial charge in [-0.3, -0.25) is 0 Å². The summed E-state index contributed by atoms with van der Waals surface area (Å²) in [5, 5.41) is 7.53. The summed E-state index contributed by atoms with van der Waals surface area (Å²) >= 11 is 0. The number of benzene rings is 1. The third kappa shape index (κ3) is 4.04. The molecule has 0 bridgehead atoms. The van der Waals surface area contributed by atoms with Crippen molar-refractivity contribution in [1.29, 1.82) is 0 Å². The highest BCUT2D eigenvalue weighted by molar-refractivity contribution is 5.89. The first-order valence-electron chi connectivity index (χ1n) is 7.69. The molecule has 0 atom stereocenters. The zero-order valence-corrected chi connectivity index (χ0v) is 13.2. The fraction of sp³-hybridized carbons (Fsp3) is 0.500. The smallest absolute Gasteiger partial charge is 0.224 e. The molecule has 2 aromatic rings. The highest BCUT2D eigenvalue weighted by atomic mass is 15.1. The van der Waals surface area contributed by atoms with E-state index < -0.39 is 0 Å². The van der Waals surface area contributed by atoms with E-state index in [0.717, 1.165) is 49.3 Å². The molecule has 2 rings (SSSR count). The van der Waals surface area contributed by atoms with Crippen LogP contribution < -0.4 is 10.6 Å². The minimum Gasteiger partial charge on any atom is -0.369 e. The van der Waals surface area contributed by atoms with E-state index in [-0.39, 0.29) is 0 Å². The lowest BCUT2D eigenvalue weighted by molar-refractivity contribution is 0.303. The molecule has 0 fully saturated rings. The van der Waals surface area contributed by atoms with Crippen LogP contribution in [0.2, 0.25) is 0 Å². The summed E-state index contributed by atoms with van der Waals surface area (Å²) in [6.45, 7) is 8.65. The first kappa shape index (κ1) is 15.5. The predicted octanol–water partition coefficient (Wildman–Crippen LogP) is 2.82. The van der Waals surface area contributed by atoms with Gasteiger partial charge in [0.25, 0.3) is 0 Å². The van der Waals surface area contributed by atoms with Gasteiger partial charge in [-0.15, -0.1) is 0 Å². The lowest BCUT2D eigenvalue weighted by Crippen LogP contribution is -2.25. The van der Waals surface area contributed by atoms with Crippen LogP contribution in [0, 0.1) is 0 Å². The van der Waals surface area contributed by atoms with E-state index in [1.165, 1.54) is 0 Å². The molecule has 0 radical (unpaired) electrons. The van der Waals surface area contributed by atoms with E-state index in [0.29, 0.717) is 5.95 Å². The number of nitrogens with zero attached hydrogens (tertiary/aromatic N) is 3. The van der Waals surface area contributed by atoms with Gasteiger partial charge in [-0.1, -0.05) is 26.0 Å². The van der Waals surface area contributed by atoms with Crippen LogP contribution >= 0.6 is 0 Å². The van der Waals surface area contributed by atoms with Crippen LogP contribution in [-0.2, 0) is 0 Å². The summed E-state index contributed by atoms with van der Waals surface area (Å²) in [7, 11) is 1.84. The molecule has 0 aliphatic rings. The van der Waals surface area contributed by atoms with Gasteiger partial charge in [0.2, 0.25) is 5.95 Å². The van der Waals surface area contributed by atoms with Crippen molar-refractivity contribution in [1.82, 2.24) is 14.9 Å². The monoisotopic (exact) mass is 287 g/mol. The van der Waals surface area contributed by atoms with Crippen molar-refractivity contribution in [3.8, 4) is 0 Å². The van der Waals surface area contributed by atoms with E-state index in [1.54, 1.807) is 0 Å². The Balaban J connectivity index is 2.04. The number of hydrogen-bond acceptors (Lipinski definition) is 5. The molecule has 0 amide bonds. The maximum absolute atomic E-state index is 4.53. The van der Waals surface area contributed by atoms with Gasteiger partial charge in [-0.05, 0) is 38.2 Å². The summed E-state index contributed by atoms with van der Waals surface area (Å²) < 4.78 is 0. The van der Waals surface area contributed by atoms with Crippen molar-refractivity contribution in [2.24, 2.45) is 0 Å². The molecule has 2 N–H and O–H groups in total. The number of aromatic nitrogens is 2. The lowest BCUT2D eigenvalue weighted by Gasteiger charge is -2.18. The van der Waals surface area contributed by atoms with Gasteiger partial charge in [0.1, 0.15) is 5.82 Å². The third-order valence-electron chi connectivity index (χ3n) is 3.66. The van der Waals surface area contributed by atoms with Crippen LogP contribution in [-0.4, -0.2) is 48.1 Å². The second-order valence-electron chi connectivity index (χ2n) is 4.97. The molecule has 0 saturated carbocycles. The molecule has 0 saturated heterocycles. The zero-order valence-electron chi connectivity index (χ0n) is 13.2. The lowest BCUT2D eigenvalue weighted by atomic mass is 10.2. The molecule has 0 aliphatic heterocycles.